The molecular formula is C14H14N2O3. The summed E-state index contributed by atoms with van der Waals surface area (Å²) in [7, 11) is 3.21. The molecule has 2 rings (SSSR count). The van der Waals surface area contributed by atoms with Crippen LogP contribution in [-0.2, 0) is 27.8 Å². The van der Waals surface area contributed by atoms with E-state index in [0.717, 1.165) is 16.5 Å². The lowest BCUT2D eigenvalue weighted by Crippen LogP contribution is -2.22. The Hall–Kier alpha value is -2.39. The van der Waals surface area contributed by atoms with Crippen molar-refractivity contribution in [2.24, 2.45) is 12.0 Å². The van der Waals surface area contributed by atoms with Gasteiger partial charge in [0.1, 0.15) is 0 Å². The van der Waals surface area contributed by atoms with E-state index in [9.17, 15) is 9.59 Å². The summed E-state index contributed by atoms with van der Waals surface area (Å²) in [6, 6.07) is 7.02. The molecule has 5 nitrogen and oxygen atoms in total. The van der Waals surface area contributed by atoms with Gasteiger partial charge in [-0.3, -0.25) is 0 Å². The molecule has 1 aromatic carbocycles. The number of ether oxygens (including phenoxy) is 1. The Labute approximate surface area is 110 Å². The highest BCUT2D eigenvalue weighted by Gasteiger charge is 2.20. The van der Waals surface area contributed by atoms with Crippen LogP contribution in [0, 0.1) is 0 Å². The van der Waals surface area contributed by atoms with E-state index in [1.54, 1.807) is 0 Å². The van der Waals surface area contributed by atoms with Crippen LogP contribution in [0.25, 0.3) is 10.9 Å². The number of hydrogen-bond donors (Lipinski definition) is 0. The van der Waals surface area contributed by atoms with E-state index in [0.29, 0.717) is 6.42 Å². The second kappa shape index (κ2) is 5.50. The molecule has 0 unspecified atom stereocenters. The molecular weight excluding hydrogens is 244 g/mol. The normalized spacial score (nSPS) is 11.9. The summed E-state index contributed by atoms with van der Waals surface area (Å²) in [5, 5.41) is 1.04. The van der Waals surface area contributed by atoms with Crippen LogP contribution < -0.4 is 0 Å². The van der Waals surface area contributed by atoms with E-state index in [-0.39, 0.29) is 0 Å². The molecule has 0 radical (unpaired) electrons. The number of benzene rings is 1. The Morgan fingerprint density at radius 2 is 2.21 bits per heavy atom. The Kier molecular flexibility index (Phi) is 3.78. The number of carbonyl (C=O) groups is 1. The molecule has 1 aromatic heterocycles. The van der Waals surface area contributed by atoms with Gasteiger partial charge < -0.3 is 9.30 Å². The Balaban J connectivity index is 2.39. The molecule has 0 saturated carbocycles. The topological polar surface area (TPSA) is 60.7 Å². The maximum Gasteiger partial charge on any atom is 0.331 e. The van der Waals surface area contributed by atoms with Crippen molar-refractivity contribution in [1.29, 1.82) is 0 Å². The van der Waals surface area contributed by atoms with Crippen LogP contribution in [0.1, 0.15) is 5.56 Å². The molecule has 0 aliphatic heterocycles. The number of nitrogens with zero attached hydrogens (tertiary/aromatic N) is 2. The SMILES string of the molecule is COC(=O)[C@@H](Cc1cn(C)c2ccccc12)N=C=O. The number of aromatic nitrogens is 1. The number of para-hydroxylation sites is 1. The highest BCUT2D eigenvalue weighted by atomic mass is 16.5. The standard InChI is InChI=1S/C14H14N2O3/c1-16-8-10(11-5-3-4-6-13(11)16)7-12(15-9-17)14(18)19-2/h3-6,8,12H,7H2,1-2H3/t12-/m1/s1. The van der Waals surface area contributed by atoms with Crippen molar-refractivity contribution < 1.29 is 14.3 Å². The zero-order valence-corrected chi connectivity index (χ0v) is 10.8. The molecule has 1 heterocycles. The Bertz CT molecular complexity index is 654. The molecule has 0 fully saturated rings. The lowest BCUT2D eigenvalue weighted by atomic mass is 10.1. The van der Waals surface area contributed by atoms with Gasteiger partial charge in [0.2, 0.25) is 6.08 Å². The fourth-order valence-electron chi connectivity index (χ4n) is 2.18. The molecule has 0 aliphatic carbocycles. The Morgan fingerprint density at radius 1 is 1.47 bits per heavy atom. The van der Waals surface area contributed by atoms with Gasteiger partial charge in [-0.25, -0.2) is 9.59 Å². The van der Waals surface area contributed by atoms with Crippen LogP contribution >= 0.6 is 0 Å². The lowest BCUT2D eigenvalue weighted by Gasteiger charge is -2.07. The van der Waals surface area contributed by atoms with Crippen molar-refractivity contribution in [3.05, 3.63) is 36.0 Å². The first kappa shape index (κ1) is 13.1. The van der Waals surface area contributed by atoms with E-state index >= 15 is 0 Å². The fourth-order valence-corrected chi connectivity index (χ4v) is 2.18. The number of aryl methyl sites for hydroxylation is 1. The van der Waals surface area contributed by atoms with E-state index < -0.39 is 12.0 Å². The molecule has 1 atom stereocenters. The number of aliphatic imine (C=N–C) groups is 1. The van der Waals surface area contributed by atoms with E-state index in [4.69, 9.17) is 0 Å². The Morgan fingerprint density at radius 3 is 2.89 bits per heavy atom. The number of isocyanates is 1. The summed E-state index contributed by atoms with van der Waals surface area (Å²) >= 11 is 0. The third-order valence-electron chi connectivity index (χ3n) is 3.07. The van der Waals surface area contributed by atoms with E-state index in [2.05, 4.69) is 9.73 Å². The van der Waals surface area contributed by atoms with Gasteiger partial charge >= 0.3 is 5.97 Å². The van der Waals surface area contributed by atoms with Crippen molar-refractivity contribution in [3.8, 4) is 0 Å². The van der Waals surface area contributed by atoms with Crippen LogP contribution in [0.15, 0.2) is 35.5 Å². The third-order valence-corrected chi connectivity index (χ3v) is 3.07. The van der Waals surface area contributed by atoms with Crippen molar-refractivity contribution in [1.82, 2.24) is 4.57 Å². The van der Waals surface area contributed by atoms with Crippen molar-refractivity contribution in [2.45, 2.75) is 12.5 Å². The van der Waals surface area contributed by atoms with E-state index in [1.165, 1.54) is 13.2 Å². The van der Waals surface area contributed by atoms with Crippen LogP contribution in [0.4, 0.5) is 0 Å². The van der Waals surface area contributed by atoms with Crippen LogP contribution in [-0.4, -0.2) is 29.8 Å². The third kappa shape index (κ3) is 2.56. The lowest BCUT2D eigenvalue weighted by molar-refractivity contribution is -0.142. The average molecular weight is 258 g/mol. The molecule has 0 N–H and O–H groups in total. The molecule has 19 heavy (non-hydrogen) atoms. The van der Waals surface area contributed by atoms with Crippen LogP contribution in [0.2, 0.25) is 0 Å². The summed E-state index contributed by atoms with van der Waals surface area (Å²) in [6.07, 6.45) is 3.68. The number of carbonyl (C=O) groups excluding carboxylic acids is 2. The van der Waals surface area contributed by atoms with Crippen molar-refractivity contribution >= 4 is 23.0 Å². The van der Waals surface area contributed by atoms with Gasteiger partial charge in [0.05, 0.1) is 7.11 Å². The maximum absolute atomic E-state index is 11.5. The van der Waals surface area contributed by atoms with E-state index in [1.807, 2.05) is 42.1 Å². The number of methoxy groups -OCH3 is 1. The number of hydrogen-bond acceptors (Lipinski definition) is 4. The van der Waals surface area contributed by atoms with Gasteiger partial charge in [0.25, 0.3) is 0 Å². The van der Waals surface area contributed by atoms with Gasteiger partial charge in [-0.05, 0) is 11.6 Å². The zero-order chi connectivity index (χ0) is 13.8. The summed E-state index contributed by atoms with van der Waals surface area (Å²) < 4.78 is 6.61. The number of fused-ring (bicyclic) bond motifs is 1. The predicted octanol–water partition coefficient (Wildman–Crippen LogP) is 1.60. The van der Waals surface area contributed by atoms with Gasteiger partial charge in [-0.15, -0.1) is 0 Å². The molecule has 0 bridgehead atoms. The zero-order valence-electron chi connectivity index (χ0n) is 10.8. The summed E-state index contributed by atoms with van der Waals surface area (Å²) in [6.45, 7) is 0. The van der Waals surface area contributed by atoms with Crippen molar-refractivity contribution in [3.63, 3.8) is 0 Å². The molecule has 0 amide bonds. The molecule has 98 valence electrons. The van der Waals surface area contributed by atoms with Gasteiger partial charge in [0.15, 0.2) is 6.04 Å². The summed E-state index contributed by atoms with van der Waals surface area (Å²) in [4.78, 5) is 25.5. The molecule has 5 heteroatoms. The smallest absolute Gasteiger partial charge is 0.331 e. The van der Waals surface area contributed by atoms with Crippen LogP contribution in [0.3, 0.4) is 0 Å². The quantitative estimate of drug-likeness (QED) is 0.475. The minimum absolute atomic E-state index is 0.323. The highest BCUT2D eigenvalue weighted by molar-refractivity contribution is 5.85. The minimum atomic E-state index is -0.840. The molecule has 0 saturated heterocycles. The molecule has 2 aromatic rings. The first-order valence-electron chi connectivity index (χ1n) is 5.85. The average Bonchev–Trinajstić information content (AvgIpc) is 2.75. The minimum Gasteiger partial charge on any atom is -0.467 e. The predicted molar refractivity (Wildman–Crippen MR) is 70.5 cm³/mol. The number of esters is 1. The highest BCUT2D eigenvalue weighted by Crippen LogP contribution is 2.22. The number of rotatable bonds is 4. The van der Waals surface area contributed by atoms with Gasteiger partial charge in [-0.2, -0.15) is 4.99 Å². The van der Waals surface area contributed by atoms with Gasteiger partial charge in [-0.1, -0.05) is 18.2 Å². The summed E-state index contributed by atoms with van der Waals surface area (Å²) in [5.74, 6) is -0.531. The second-order valence-corrected chi connectivity index (χ2v) is 4.25. The van der Waals surface area contributed by atoms with Gasteiger partial charge in [0, 0.05) is 30.6 Å². The second-order valence-electron chi connectivity index (χ2n) is 4.25. The molecule has 0 aliphatic rings. The maximum atomic E-state index is 11.5. The van der Waals surface area contributed by atoms with Crippen LogP contribution in [0.5, 0.6) is 0 Å². The summed E-state index contributed by atoms with van der Waals surface area (Å²) in [5.41, 5.74) is 2.02. The van der Waals surface area contributed by atoms with Crippen molar-refractivity contribution in [2.75, 3.05) is 7.11 Å². The first-order chi connectivity index (χ1) is 9.17. The largest absolute Gasteiger partial charge is 0.467 e. The first-order valence-corrected chi connectivity index (χ1v) is 5.85. The fraction of sp³-hybridized carbons (Fsp3) is 0.286. The monoisotopic (exact) mass is 258 g/mol. The molecule has 0 spiro atoms.